The lowest BCUT2D eigenvalue weighted by Gasteiger charge is -2.09. The van der Waals surface area contributed by atoms with Crippen LogP contribution >= 0.6 is 0 Å². The summed E-state index contributed by atoms with van der Waals surface area (Å²) in [5, 5.41) is 8.05. The average molecular weight is 312 g/mol. The molecule has 0 saturated heterocycles. The number of carbonyl (C=O) groups is 1. The lowest BCUT2D eigenvalue weighted by atomic mass is 10.1. The standard InChI is InChI=1S/C12H24O7S/c1-3-4-5-6-7-8-9-20(15,16)19-18-11(2)10-12(13)17-14/h11,14H,3-10H2,1-2H3. The highest BCUT2D eigenvalue weighted by Crippen LogP contribution is 2.09. The fraction of sp³-hybridized carbons (Fsp3) is 0.917. The van der Waals surface area contributed by atoms with Gasteiger partial charge in [0, 0.05) is 0 Å². The summed E-state index contributed by atoms with van der Waals surface area (Å²) in [6.07, 6.45) is 4.63. The van der Waals surface area contributed by atoms with Crippen molar-refractivity contribution in [3.8, 4) is 0 Å². The van der Waals surface area contributed by atoms with Gasteiger partial charge in [0.2, 0.25) is 0 Å². The summed E-state index contributed by atoms with van der Waals surface area (Å²) in [4.78, 5) is 18.7. The smallest absolute Gasteiger partial charge is 0.301 e. The highest BCUT2D eigenvalue weighted by Gasteiger charge is 2.17. The minimum absolute atomic E-state index is 0.115. The Morgan fingerprint density at radius 1 is 1.15 bits per heavy atom. The van der Waals surface area contributed by atoms with Gasteiger partial charge in [-0.3, -0.25) is 0 Å². The fourth-order valence-corrected chi connectivity index (χ4v) is 2.41. The lowest BCUT2D eigenvalue weighted by molar-refractivity contribution is -0.256. The Morgan fingerprint density at radius 3 is 2.35 bits per heavy atom. The number of carbonyl (C=O) groups excluding carboxylic acids is 1. The van der Waals surface area contributed by atoms with Crippen LogP contribution in [0.25, 0.3) is 0 Å². The van der Waals surface area contributed by atoms with Crippen molar-refractivity contribution in [1.82, 2.24) is 0 Å². The molecule has 1 atom stereocenters. The van der Waals surface area contributed by atoms with Crippen molar-refractivity contribution in [2.24, 2.45) is 0 Å². The Bertz CT molecular complexity index is 353. The van der Waals surface area contributed by atoms with Crippen LogP contribution in [-0.4, -0.2) is 31.5 Å². The molecule has 0 aromatic rings. The van der Waals surface area contributed by atoms with Gasteiger partial charge in [-0.15, -0.1) is 4.33 Å². The minimum Gasteiger partial charge on any atom is -0.301 e. The van der Waals surface area contributed by atoms with Crippen LogP contribution in [0, 0.1) is 0 Å². The van der Waals surface area contributed by atoms with Gasteiger partial charge >= 0.3 is 5.97 Å². The first kappa shape index (κ1) is 19.3. The van der Waals surface area contributed by atoms with Crippen molar-refractivity contribution in [1.29, 1.82) is 0 Å². The normalized spacial score (nSPS) is 13.2. The van der Waals surface area contributed by atoms with Crippen molar-refractivity contribution in [3.63, 3.8) is 0 Å². The van der Waals surface area contributed by atoms with Crippen molar-refractivity contribution in [2.75, 3.05) is 5.75 Å². The summed E-state index contributed by atoms with van der Waals surface area (Å²) in [5.74, 6) is -1.04. The molecule has 0 radical (unpaired) electrons. The second-order valence-electron chi connectivity index (χ2n) is 4.67. The molecule has 0 aliphatic heterocycles. The monoisotopic (exact) mass is 312 g/mol. The Balaban J connectivity index is 3.76. The first-order valence-corrected chi connectivity index (χ1v) is 8.41. The quantitative estimate of drug-likeness (QED) is 0.335. The van der Waals surface area contributed by atoms with Gasteiger partial charge in [0.05, 0.1) is 12.2 Å². The van der Waals surface area contributed by atoms with Crippen molar-refractivity contribution in [3.05, 3.63) is 0 Å². The number of unbranched alkanes of at least 4 members (excludes halogenated alkanes) is 5. The molecule has 0 spiro atoms. The second kappa shape index (κ2) is 11.0. The lowest BCUT2D eigenvalue weighted by Crippen LogP contribution is -2.19. The molecule has 0 bridgehead atoms. The summed E-state index contributed by atoms with van der Waals surface area (Å²) < 4.78 is 27.3. The summed E-state index contributed by atoms with van der Waals surface area (Å²) in [7, 11) is -3.75. The minimum atomic E-state index is -3.75. The summed E-state index contributed by atoms with van der Waals surface area (Å²) >= 11 is 0. The Kier molecular flexibility index (Phi) is 10.6. The van der Waals surface area contributed by atoms with Gasteiger partial charge < -0.3 is 4.89 Å². The molecule has 0 fully saturated rings. The van der Waals surface area contributed by atoms with Gasteiger partial charge in [-0.1, -0.05) is 39.0 Å². The molecule has 0 saturated carbocycles. The van der Waals surface area contributed by atoms with Gasteiger partial charge in [0.15, 0.2) is 0 Å². The fourth-order valence-electron chi connectivity index (χ4n) is 1.53. The first-order chi connectivity index (χ1) is 9.41. The third-order valence-corrected chi connectivity index (χ3v) is 3.69. The van der Waals surface area contributed by atoms with Gasteiger partial charge in [0.1, 0.15) is 6.10 Å². The number of hydrogen-bond donors (Lipinski definition) is 1. The van der Waals surface area contributed by atoms with E-state index in [0.29, 0.717) is 6.42 Å². The summed E-state index contributed by atoms with van der Waals surface area (Å²) in [5.41, 5.74) is 0. The molecular weight excluding hydrogens is 288 g/mol. The van der Waals surface area contributed by atoms with Crippen molar-refractivity contribution >= 4 is 16.1 Å². The Labute approximate surface area is 120 Å². The summed E-state index contributed by atoms with van der Waals surface area (Å²) in [6, 6.07) is 0. The molecule has 1 unspecified atom stereocenters. The molecule has 120 valence electrons. The molecular formula is C12H24O7S. The van der Waals surface area contributed by atoms with Gasteiger partial charge in [-0.25, -0.2) is 9.68 Å². The van der Waals surface area contributed by atoms with E-state index in [2.05, 4.69) is 21.0 Å². The van der Waals surface area contributed by atoms with Crippen molar-refractivity contribution < 1.29 is 32.6 Å². The summed E-state index contributed by atoms with van der Waals surface area (Å²) in [6.45, 7) is 3.54. The molecule has 20 heavy (non-hydrogen) atoms. The van der Waals surface area contributed by atoms with E-state index in [4.69, 9.17) is 5.26 Å². The van der Waals surface area contributed by atoms with E-state index in [9.17, 15) is 13.2 Å². The largest absolute Gasteiger partial charge is 0.344 e. The van der Waals surface area contributed by atoms with E-state index in [1.165, 1.54) is 6.92 Å². The maximum Gasteiger partial charge on any atom is 0.344 e. The van der Waals surface area contributed by atoms with Gasteiger partial charge in [0.25, 0.3) is 10.1 Å². The maximum absolute atomic E-state index is 11.5. The van der Waals surface area contributed by atoms with Crippen LogP contribution in [0.3, 0.4) is 0 Å². The predicted octanol–water partition coefficient (Wildman–Crippen LogP) is 2.42. The van der Waals surface area contributed by atoms with E-state index in [1.54, 1.807) is 0 Å². The van der Waals surface area contributed by atoms with Crippen LogP contribution in [0.2, 0.25) is 0 Å². The average Bonchev–Trinajstić information content (AvgIpc) is 2.40. The zero-order chi connectivity index (χ0) is 15.4. The van der Waals surface area contributed by atoms with E-state index in [1.807, 2.05) is 0 Å². The third-order valence-electron chi connectivity index (χ3n) is 2.61. The van der Waals surface area contributed by atoms with Crippen LogP contribution in [0.5, 0.6) is 0 Å². The van der Waals surface area contributed by atoms with E-state index in [-0.39, 0.29) is 12.2 Å². The second-order valence-corrected chi connectivity index (χ2v) is 6.33. The number of hydrogen-bond acceptors (Lipinski definition) is 7. The van der Waals surface area contributed by atoms with Gasteiger partial charge in [-0.2, -0.15) is 13.7 Å². The molecule has 8 heteroatoms. The van der Waals surface area contributed by atoms with E-state index < -0.39 is 22.2 Å². The molecule has 7 nitrogen and oxygen atoms in total. The molecule has 0 heterocycles. The Morgan fingerprint density at radius 2 is 1.75 bits per heavy atom. The van der Waals surface area contributed by atoms with Gasteiger partial charge in [-0.05, 0) is 13.3 Å². The van der Waals surface area contributed by atoms with Crippen LogP contribution in [0.4, 0.5) is 0 Å². The van der Waals surface area contributed by atoms with Crippen LogP contribution in [0.1, 0.15) is 58.8 Å². The molecule has 0 aromatic carbocycles. The molecule has 0 aromatic heterocycles. The molecule has 0 aliphatic rings. The van der Waals surface area contributed by atoms with Crippen LogP contribution in [-0.2, 0) is 29.0 Å². The SMILES string of the molecule is CCCCCCCCS(=O)(=O)OOC(C)CC(=O)OO. The third kappa shape index (κ3) is 11.2. The molecule has 0 aliphatic carbocycles. The van der Waals surface area contributed by atoms with E-state index in [0.717, 1.165) is 32.1 Å². The van der Waals surface area contributed by atoms with E-state index >= 15 is 0 Å². The first-order valence-electron chi connectivity index (χ1n) is 6.83. The van der Waals surface area contributed by atoms with Crippen LogP contribution < -0.4 is 0 Å². The molecule has 1 N–H and O–H groups in total. The zero-order valence-corrected chi connectivity index (χ0v) is 12.9. The molecule has 0 amide bonds. The number of rotatable bonds is 12. The Hall–Kier alpha value is -0.700. The highest BCUT2D eigenvalue weighted by atomic mass is 32.2. The molecule has 0 rings (SSSR count). The van der Waals surface area contributed by atoms with Crippen molar-refractivity contribution in [2.45, 2.75) is 64.9 Å². The highest BCUT2D eigenvalue weighted by molar-refractivity contribution is 7.86. The predicted molar refractivity (Wildman–Crippen MR) is 72.1 cm³/mol. The van der Waals surface area contributed by atoms with Crippen LogP contribution in [0.15, 0.2) is 0 Å². The maximum atomic E-state index is 11.5. The topological polar surface area (TPSA) is 99.1 Å². The zero-order valence-electron chi connectivity index (χ0n) is 12.0.